The van der Waals surface area contributed by atoms with Gasteiger partial charge in [0.1, 0.15) is 0 Å². The normalized spacial score (nSPS) is 14.7. The predicted octanol–water partition coefficient (Wildman–Crippen LogP) is 8.14. The van der Waals surface area contributed by atoms with E-state index < -0.39 is 129 Å². The van der Waals surface area contributed by atoms with Gasteiger partial charge in [0, 0.05) is 80.8 Å². The maximum absolute atomic E-state index is 12.6. The molecule has 0 fully saturated rings. The minimum absolute atomic E-state index is 0. The molecule has 0 heterocycles. The van der Waals surface area contributed by atoms with Crippen LogP contribution in [0.25, 0.3) is 0 Å². The van der Waals surface area contributed by atoms with E-state index in [-0.39, 0.29) is 132 Å². The molecule has 0 bridgehead atoms. The molecule has 0 saturated heterocycles. The molecule has 28 heteroatoms. The molecule has 0 aromatic carbocycles. The second-order valence-corrected chi connectivity index (χ2v) is 43.8. The van der Waals surface area contributed by atoms with Crippen LogP contribution in [0.15, 0.2) is 0 Å². The van der Waals surface area contributed by atoms with Crippen LogP contribution in [0.1, 0.15) is 312 Å². The zero-order valence-electron chi connectivity index (χ0n) is 65.0. The third kappa shape index (κ3) is 81.3. The van der Waals surface area contributed by atoms with Gasteiger partial charge in [-0.1, -0.05) is 0 Å². The fourth-order valence-corrected chi connectivity index (χ4v) is 17.8. The molecule has 0 unspecified atom stereocenters. The summed E-state index contributed by atoms with van der Waals surface area (Å²) in [5.41, 5.74) is -8.68. The van der Waals surface area contributed by atoms with Crippen molar-refractivity contribution in [2.45, 2.75) is 396 Å². The fourth-order valence-electron chi connectivity index (χ4n) is 5.94. The SMILES string of the molecule is CC(C)(C)O[Si]([O-])(OC(C)(C)C)OC(C)(C)C.CC(C)(C)O[Si]([O-])(OC(C)(C)C)OC(C)(C)C.CC(C)(C)O[Si]([O-])(OC(C)(C)C)OC(C)(C)C.CC(C)(C)O[Si]([O-])(OC(C)(C)C)OC(C)(C)C.CC(C)(C)O[Si]([O-])(OC(C)(C)C)OC(C)(C)C.[K+].[Sm].[Sm]. The van der Waals surface area contributed by atoms with Gasteiger partial charge in [-0.25, -0.2) is 0 Å². The summed E-state index contributed by atoms with van der Waals surface area (Å²) >= 11 is 0. The molecule has 0 saturated carbocycles. The summed E-state index contributed by atoms with van der Waals surface area (Å²) in [6, 6.07) is 0. The Bertz CT molecular complexity index is 1350. The Morgan fingerprint density at radius 2 is 0.170 bits per heavy atom. The van der Waals surface area contributed by atoms with Gasteiger partial charge in [-0.05, 0) is 312 Å². The quantitative estimate of drug-likeness (QED) is 0.140. The van der Waals surface area contributed by atoms with Crippen LogP contribution in [0.5, 0.6) is 0 Å². The average Bonchev–Trinajstić information content (AvgIpc) is 2.89. The van der Waals surface area contributed by atoms with E-state index >= 15 is 0 Å². The van der Waals surface area contributed by atoms with Crippen LogP contribution in [0.4, 0.5) is 0 Å². The molecule has 0 aromatic heterocycles. The Kier molecular flexibility index (Phi) is 47.6. The molecule has 0 spiro atoms. The molecule has 0 aromatic rings. The summed E-state index contributed by atoms with van der Waals surface area (Å²) in [4.78, 5) is 63.1. The van der Waals surface area contributed by atoms with Gasteiger partial charge in [-0.2, -0.15) is 0 Å². The van der Waals surface area contributed by atoms with Crippen molar-refractivity contribution in [1.82, 2.24) is 0 Å². The van der Waals surface area contributed by atoms with E-state index in [2.05, 4.69) is 0 Å². The molecule has 0 atom stereocenters. The first-order valence-corrected chi connectivity index (χ1v) is 37.8. The summed E-state index contributed by atoms with van der Waals surface area (Å²) in [5.74, 6) is 0. The summed E-state index contributed by atoms with van der Waals surface area (Å²) in [7, 11) is -19.5. The van der Waals surface area contributed by atoms with E-state index in [1.54, 1.807) is 0 Å². The maximum atomic E-state index is 12.6. The molecule has 0 N–H and O–H groups in total. The van der Waals surface area contributed by atoms with Crippen LogP contribution in [0, 0.1) is 80.8 Å². The number of rotatable bonds is 15. The first-order chi connectivity index (χ1) is 35.6. The smallest absolute Gasteiger partial charge is 0.793 e. The zero-order valence-corrected chi connectivity index (χ0v) is 78.3. The van der Waals surface area contributed by atoms with Crippen molar-refractivity contribution >= 4 is 45.2 Å². The van der Waals surface area contributed by atoms with Crippen molar-refractivity contribution in [3.63, 3.8) is 0 Å². The third-order valence-corrected chi connectivity index (χ3v) is 19.4. The maximum Gasteiger partial charge on any atom is 1.00 e. The van der Waals surface area contributed by atoms with Crippen molar-refractivity contribution in [2.24, 2.45) is 0 Å². The zero-order chi connectivity index (χ0) is 70.6. The van der Waals surface area contributed by atoms with E-state index in [0.29, 0.717) is 0 Å². The molecule has 0 radical (unpaired) electrons. The first kappa shape index (κ1) is 109. The first-order valence-electron chi connectivity index (χ1n) is 29.6. The Labute approximate surface area is 654 Å². The summed E-state index contributed by atoms with van der Waals surface area (Å²) < 4.78 is 82.7. The van der Waals surface area contributed by atoms with E-state index in [1.807, 2.05) is 312 Å². The van der Waals surface area contributed by atoms with Crippen molar-refractivity contribution in [3.05, 3.63) is 0 Å². The molecule has 0 amide bonds. The third-order valence-electron chi connectivity index (χ3n) is 6.47. The summed E-state index contributed by atoms with van der Waals surface area (Å²) in [6.45, 7) is 82.1. The topological polar surface area (TPSA) is 254 Å². The van der Waals surface area contributed by atoms with Gasteiger partial charge in [0.25, 0.3) is 0 Å². The monoisotopic (exact) mass is 1660 g/mol. The Balaban J connectivity index is -0.000000150. The molecule has 0 aliphatic carbocycles. The van der Waals surface area contributed by atoms with Crippen LogP contribution < -0.4 is 75.4 Å². The van der Waals surface area contributed by atoms with Crippen LogP contribution in [0.2, 0.25) is 0 Å². The molecule has 0 aliphatic rings. The second-order valence-electron chi connectivity index (χ2n) is 35.7. The Hall–Kier alpha value is 4.60. The van der Waals surface area contributed by atoms with Crippen molar-refractivity contribution in [1.29, 1.82) is 0 Å². The average molecular weight is 1660 g/mol. The van der Waals surface area contributed by atoms with E-state index in [1.165, 1.54) is 0 Å². The largest absolute Gasteiger partial charge is 1.00 e. The molecular formula is C60H135KO20Si5Sm2-4. The van der Waals surface area contributed by atoms with Crippen molar-refractivity contribution < 1.29 is 223 Å². The van der Waals surface area contributed by atoms with E-state index in [0.717, 1.165) is 0 Å². The number of hydrogen-bond donors (Lipinski definition) is 0. The molecular weight excluding hydrogens is 1520 g/mol. The summed E-state index contributed by atoms with van der Waals surface area (Å²) in [6.07, 6.45) is 0. The van der Waals surface area contributed by atoms with Crippen molar-refractivity contribution in [2.75, 3.05) is 0 Å². The summed E-state index contributed by atoms with van der Waals surface area (Å²) in [5, 5.41) is 0. The second kappa shape index (κ2) is 38.6. The molecule has 532 valence electrons. The van der Waals surface area contributed by atoms with Gasteiger partial charge in [0.05, 0.1) is 84.0 Å². The van der Waals surface area contributed by atoms with Gasteiger partial charge in [0.2, 0.25) is 0 Å². The van der Waals surface area contributed by atoms with Gasteiger partial charge >= 0.3 is 96.6 Å². The van der Waals surface area contributed by atoms with Crippen LogP contribution in [-0.2, 0) is 66.4 Å². The van der Waals surface area contributed by atoms with Gasteiger partial charge in [-0.3, -0.25) is 0 Å². The fraction of sp³-hybridized carbons (Fsp3) is 1.00. The molecule has 20 nitrogen and oxygen atoms in total. The van der Waals surface area contributed by atoms with Crippen LogP contribution >= 0.6 is 0 Å². The molecule has 0 rings (SSSR count). The van der Waals surface area contributed by atoms with Crippen LogP contribution in [0.3, 0.4) is 0 Å². The van der Waals surface area contributed by atoms with Crippen molar-refractivity contribution in [3.8, 4) is 0 Å². The molecule has 0 aliphatic heterocycles. The Morgan fingerprint density at radius 3 is 0.193 bits per heavy atom. The van der Waals surface area contributed by atoms with Gasteiger partial charge in [-0.15, -0.1) is 0 Å². The minimum Gasteiger partial charge on any atom is -0.793 e. The van der Waals surface area contributed by atoms with Crippen LogP contribution in [-0.4, -0.2) is 129 Å². The van der Waals surface area contributed by atoms with Gasteiger partial charge < -0.3 is 90.4 Å². The predicted molar refractivity (Wildman–Crippen MR) is 341 cm³/mol. The van der Waals surface area contributed by atoms with E-state index in [4.69, 9.17) is 66.4 Å². The number of hydrogen-bond acceptors (Lipinski definition) is 20. The molecule has 88 heavy (non-hydrogen) atoms. The van der Waals surface area contributed by atoms with E-state index in [9.17, 15) is 24.0 Å². The standard InChI is InChI=1S/5C12H27O4Si.K.2Sm/c5*1-10(2,3)14-17(13,15-11(4,5)6)16-12(7,8)9;;;/h5*1-9H3;;;/q5*-1;+1;;. The minimum atomic E-state index is -3.91. The van der Waals surface area contributed by atoms with Gasteiger partial charge in [0.15, 0.2) is 0 Å². The Morgan fingerprint density at radius 1 is 0.136 bits per heavy atom.